The highest BCUT2D eigenvalue weighted by Gasteiger charge is 2.26. The minimum atomic E-state index is -1.19. The second kappa shape index (κ2) is 11.9. The molecular formula is C17H21ClFN3O6. The summed E-state index contributed by atoms with van der Waals surface area (Å²) in [5.74, 6) is -4.21. The molecule has 0 aliphatic heterocycles. The lowest BCUT2D eigenvalue weighted by Gasteiger charge is -2.17. The van der Waals surface area contributed by atoms with E-state index in [0.29, 0.717) is 0 Å². The number of amides is 2. The summed E-state index contributed by atoms with van der Waals surface area (Å²) >= 11 is 5.34. The van der Waals surface area contributed by atoms with Crippen LogP contribution in [0.15, 0.2) is 12.3 Å². The molecule has 1 rings (SSSR count). The van der Waals surface area contributed by atoms with Gasteiger partial charge in [0.1, 0.15) is 11.9 Å². The highest BCUT2D eigenvalue weighted by molar-refractivity contribution is 6.29. The molecule has 1 aromatic rings. The predicted molar refractivity (Wildman–Crippen MR) is 97.3 cm³/mol. The lowest BCUT2D eigenvalue weighted by atomic mass is 10.1. The van der Waals surface area contributed by atoms with E-state index in [1.54, 1.807) is 13.8 Å². The largest absolute Gasteiger partial charge is 0.466 e. The SMILES string of the molecule is CCOC(=O)CC[C@H](NC(=O)c1ncc(NC(=O)CCl)cc1F)C(=O)OCC. The second-order valence-corrected chi connectivity index (χ2v) is 5.63. The van der Waals surface area contributed by atoms with Gasteiger partial charge in [0, 0.05) is 12.5 Å². The van der Waals surface area contributed by atoms with Crippen molar-refractivity contribution in [3.8, 4) is 0 Å². The topological polar surface area (TPSA) is 124 Å². The molecule has 0 spiro atoms. The van der Waals surface area contributed by atoms with Crippen LogP contribution in [0.2, 0.25) is 0 Å². The van der Waals surface area contributed by atoms with Crippen LogP contribution in [0.25, 0.3) is 0 Å². The summed E-state index contributed by atoms with van der Waals surface area (Å²) in [6.07, 6.45) is 0.840. The Hall–Kier alpha value is -2.75. The quantitative estimate of drug-likeness (QED) is 0.435. The van der Waals surface area contributed by atoms with Crippen LogP contribution in [0.3, 0.4) is 0 Å². The number of anilines is 1. The molecule has 9 nitrogen and oxygen atoms in total. The first kappa shape index (κ1) is 23.3. The van der Waals surface area contributed by atoms with Gasteiger partial charge < -0.3 is 20.1 Å². The summed E-state index contributed by atoms with van der Waals surface area (Å²) in [5, 5.41) is 4.58. The molecule has 0 saturated heterocycles. The zero-order valence-corrected chi connectivity index (χ0v) is 16.2. The molecule has 0 unspecified atom stereocenters. The van der Waals surface area contributed by atoms with Gasteiger partial charge >= 0.3 is 11.9 Å². The number of carbonyl (C=O) groups excluding carboxylic acids is 4. The number of pyridine rings is 1. The fraction of sp³-hybridized carbons (Fsp3) is 0.471. The van der Waals surface area contributed by atoms with Crippen LogP contribution in [0.1, 0.15) is 37.2 Å². The Morgan fingerprint density at radius 2 is 1.89 bits per heavy atom. The Bertz CT molecular complexity index is 731. The maximum Gasteiger partial charge on any atom is 0.328 e. The van der Waals surface area contributed by atoms with Gasteiger partial charge in [-0.15, -0.1) is 11.6 Å². The molecule has 11 heteroatoms. The molecule has 0 aliphatic carbocycles. The zero-order valence-electron chi connectivity index (χ0n) is 15.4. The van der Waals surface area contributed by atoms with Gasteiger partial charge in [0.25, 0.3) is 5.91 Å². The molecule has 2 N–H and O–H groups in total. The van der Waals surface area contributed by atoms with Crippen molar-refractivity contribution in [3.05, 3.63) is 23.8 Å². The molecule has 0 aromatic carbocycles. The molecule has 2 amide bonds. The lowest BCUT2D eigenvalue weighted by Crippen LogP contribution is -2.42. The Morgan fingerprint density at radius 1 is 1.21 bits per heavy atom. The van der Waals surface area contributed by atoms with E-state index in [1.807, 2.05) is 0 Å². The third-order valence-electron chi connectivity index (χ3n) is 3.28. The van der Waals surface area contributed by atoms with E-state index >= 15 is 0 Å². The van der Waals surface area contributed by atoms with Gasteiger partial charge in [-0.2, -0.15) is 0 Å². The van der Waals surface area contributed by atoms with Crippen molar-refractivity contribution in [1.29, 1.82) is 0 Å². The van der Waals surface area contributed by atoms with Crippen LogP contribution in [-0.2, 0) is 23.9 Å². The summed E-state index contributed by atoms with van der Waals surface area (Å²) in [6, 6.07) is -0.293. The summed E-state index contributed by atoms with van der Waals surface area (Å²) < 4.78 is 23.8. The average molecular weight is 418 g/mol. The maximum atomic E-state index is 14.2. The smallest absolute Gasteiger partial charge is 0.328 e. The van der Waals surface area contributed by atoms with Gasteiger partial charge in [0.05, 0.1) is 25.1 Å². The Morgan fingerprint density at radius 3 is 2.46 bits per heavy atom. The molecule has 28 heavy (non-hydrogen) atoms. The fourth-order valence-electron chi connectivity index (χ4n) is 2.08. The van der Waals surface area contributed by atoms with Crippen LogP contribution >= 0.6 is 11.6 Å². The average Bonchev–Trinajstić information content (AvgIpc) is 2.65. The molecule has 0 aliphatic rings. The van der Waals surface area contributed by atoms with E-state index in [4.69, 9.17) is 21.1 Å². The summed E-state index contributed by atoms with van der Waals surface area (Å²) in [4.78, 5) is 50.7. The Balaban J connectivity index is 2.86. The normalized spacial score (nSPS) is 11.3. The molecule has 1 aromatic heterocycles. The van der Waals surface area contributed by atoms with Crippen molar-refractivity contribution in [2.75, 3.05) is 24.4 Å². The number of carbonyl (C=O) groups is 4. The van der Waals surface area contributed by atoms with Gasteiger partial charge in [-0.25, -0.2) is 14.2 Å². The van der Waals surface area contributed by atoms with E-state index in [-0.39, 0.29) is 37.6 Å². The molecule has 0 fully saturated rings. The summed E-state index contributed by atoms with van der Waals surface area (Å²) in [7, 11) is 0. The highest BCUT2D eigenvalue weighted by Crippen LogP contribution is 2.13. The van der Waals surface area contributed by atoms with E-state index < -0.39 is 41.3 Å². The van der Waals surface area contributed by atoms with Gasteiger partial charge in [-0.05, 0) is 20.3 Å². The first-order valence-corrected chi connectivity index (χ1v) is 9.00. The van der Waals surface area contributed by atoms with Crippen LogP contribution in [0.4, 0.5) is 10.1 Å². The van der Waals surface area contributed by atoms with Crippen LogP contribution in [-0.4, -0.2) is 53.9 Å². The summed E-state index contributed by atoms with van der Waals surface area (Å²) in [5.41, 5.74) is -0.571. The number of esters is 2. The lowest BCUT2D eigenvalue weighted by molar-refractivity contribution is -0.146. The molecule has 0 radical (unpaired) electrons. The first-order valence-electron chi connectivity index (χ1n) is 8.46. The number of hydrogen-bond donors (Lipinski definition) is 2. The number of alkyl halides is 1. The van der Waals surface area contributed by atoms with Gasteiger partial charge in [0.2, 0.25) is 5.91 Å². The van der Waals surface area contributed by atoms with Crippen molar-refractivity contribution >= 4 is 41.0 Å². The number of rotatable bonds is 10. The molecule has 0 saturated carbocycles. The number of nitrogens with one attached hydrogen (secondary N) is 2. The molecule has 154 valence electrons. The number of nitrogens with zero attached hydrogens (tertiary/aromatic N) is 1. The van der Waals surface area contributed by atoms with Gasteiger partial charge in [0.15, 0.2) is 11.5 Å². The van der Waals surface area contributed by atoms with E-state index in [9.17, 15) is 23.6 Å². The van der Waals surface area contributed by atoms with Gasteiger partial charge in [-0.1, -0.05) is 0 Å². The number of hydrogen-bond acceptors (Lipinski definition) is 7. The highest BCUT2D eigenvalue weighted by atomic mass is 35.5. The molecule has 0 bridgehead atoms. The van der Waals surface area contributed by atoms with Crippen molar-refractivity contribution in [1.82, 2.24) is 10.3 Å². The van der Waals surface area contributed by atoms with Crippen LogP contribution in [0, 0.1) is 5.82 Å². The first-order chi connectivity index (χ1) is 13.3. The third-order valence-corrected chi connectivity index (χ3v) is 3.52. The number of halogens is 2. The van der Waals surface area contributed by atoms with E-state index in [1.165, 1.54) is 0 Å². The molecular weight excluding hydrogens is 397 g/mol. The molecule has 1 heterocycles. The van der Waals surface area contributed by atoms with Crippen LogP contribution in [0.5, 0.6) is 0 Å². The zero-order chi connectivity index (χ0) is 21.1. The number of ether oxygens (including phenoxy) is 2. The van der Waals surface area contributed by atoms with Crippen molar-refractivity contribution in [2.24, 2.45) is 0 Å². The monoisotopic (exact) mass is 417 g/mol. The van der Waals surface area contributed by atoms with E-state index in [2.05, 4.69) is 15.6 Å². The van der Waals surface area contributed by atoms with Gasteiger partial charge in [-0.3, -0.25) is 14.4 Å². The van der Waals surface area contributed by atoms with Crippen molar-refractivity contribution in [2.45, 2.75) is 32.7 Å². The summed E-state index contributed by atoms with van der Waals surface area (Å²) in [6.45, 7) is 3.45. The van der Waals surface area contributed by atoms with Crippen molar-refractivity contribution < 1.29 is 33.0 Å². The standard InChI is InChI=1S/C17H21ClFN3O6/c1-3-27-14(24)6-5-12(17(26)28-4-2)22-16(25)15-11(19)7-10(9-20-15)21-13(23)8-18/h7,9,12H,3-6,8H2,1-2H3,(H,21,23)(H,22,25)/t12-/m0/s1. The minimum absolute atomic E-state index is 0.0175. The minimum Gasteiger partial charge on any atom is -0.466 e. The van der Waals surface area contributed by atoms with Crippen molar-refractivity contribution in [3.63, 3.8) is 0 Å². The Kier molecular flexibility index (Phi) is 9.86. The third kappa shape index (κ3) is 7.47. The second-order valence-electron chi connectivity index (χ2n) is 5.36. The predicted octanol–water partition coefficient (Wildman–Crippen LogP) is 1.40. The fourth-order valence-corrected chi connectivity index (χ4v) is 2.15. The maximum absolute atomic E-state index is 14.2. The number of aromatic nitrogens is 1. The Labute approximate surface area is 165 Å². The molecule has 1 atom stereocenters. The van der Waals surface area contributed by atoms with Crippen LogP contribution < -0.4 is 10.6 Å². The van der Waals surface area contributed by atoms with E-state index in [0.717, 1.165) is 12.3 Å².